The Balaban J connectivity index is 1.67. The number of hydrogen-bond donors (Lipinski definition) is 2. The number of halogens is 2. The number of alkyl halides is 2. The van der Waals surface area contributed by atoms with Crippen LogP contribution >= 0.6 is 0 Å². The molecule has 3 unspecified atom stereocenters. The average molecular weight is 469 g/mol. The van der Waals surface area contributed by atoms with E-state index in [0.717, 1.165) is 24.8 Å². The summed E-state index contributed by atoms with van der Waals surface area (Å²) in [4.78, 5) is 21.7. The van der Waals surface area contributed by atoms with Crippen molar-refractivity contribution in [3.8, 4) is 0 Å². The Kier molecular flexibility index (Phi) is 8.18. The van der Waals surface area contributed by atoms with E-state index in [-0.39, 0.29) is 28.9 Å². The number of aromatic nitrogens is 1. The van der Waals surface area contributed by atoms with Crippen LogP contribution in [0, 0.1) is 23.7 Å². The molecule has 1 aromatic rings. The van der Waals surface area contributed by atoms with Crippen LogP contribution in [0.5, 0.6) is 0 Å². The van der Waals surface area contributed by atoms with E-state index in [4.69, 9.17) is 0 Å². The molecule has 182 valence electrons. The number of rotatable bonds is 9. The molecule has 2 aliphatic rings. The predicted molar refractivity (Wildman–Crippen MR) is 132 cm³/mol. The molecule has 2 N–H and O–H groups in total. The smallest absolute Gasteiger partial charge is 0.293 e. The molecule has 3 rings (SSSR count). The zero-order chi connectivity index (χ0) is 24.9. The first-order valence-corrected chi connectivity index (χ1v) is 11.7. The van der Waals surface area contributed by atoms with Crippen molar-refractivity contribution in [2.45, 2.75) is 45.6 Å². The number of aliphatic imine (C=N–C) groups is 1. The minimum atomic E-state index is -3.12. The molecule has 0 aromatic carbocycles. The van der Waals surface area contributed by atoms with E-state index in [1.54, 1.807) is 26.4 Å². The summed E-state index contributed by atoms with van der Waals surface area (Å²) in [6.45, 7) is 10.9. The standard InChI is InChI=1S/C27H34F2N4O/c1-6-17(2)27(28,29)18(3)9-10-19(4)33-25(30-5)23-21-11-12-22(14-21)24(23)26(34)32-16-20-8-7-13-31-15-20/h6-10,13,15,21-24H,3-4,11-12,14,16H2,1-2,5H3,(H,30,33)(H,32,34)/b10-9+,17-6+/t21?,22?,23-,24?/m1/s1. The van der Waals surface area contributed by atoms with Gasteiger partial charge in [0, 0.05) is 43.2 Å². The van der Waals surface area contributed by atoms with Crippen molar-refractivity contribution in [3.63, 3.8) is 0 Å². The molecule has 34 heavy (non-hydrogen) atoms. The predicted octanol–water partition coefficient (Wildman–Crippen LogP) is 5.21. The molecule has 0 spiro atoms. The summed E-state index contributed by atoms with van der Waals surface area (Å²) in [5, 5.41) is 6.24. The summed E-state index contributed by atoms with van der Waals surface area (Å²) in [7, 11) is 1.68. The van der Waals surface area contributed by atoms with Gasteiger partial charge in [-0.1, -0.05) is 31.4 Å². The highest BCUT2D eigenvalue weighted by molar-refractivity contribution is 5.93. The number of carbonyl (C=O) groups is 1. The summed E-state index contributed by atoms with van der Waals surface area (Å²) in [5.74, 6) is -2.00. The van der Waals surface area contributed by atoms with Gasteiger partial charge in [0.05, 0.1) is 5.92 Å². The van der Waals surface area contributed by atoms with Crippen LogP contribution in [0.4, 0.5) is 8.78 Å². The molecule has 0 saturated heterocycles. The van der Waals surface area contributed by atoms with E-state index < -0.39 is 5.92 Å². The van der Waals surface area contributed by atoms with Crippen LogP contribution in [0.3, 0.4) is 0 Å². The second-order valence-electron chi connectivity index (χ2n) is 9.13. The second-order valence-corrected chi connectivity index (χ2v) is 9.13. The third-order valence-electron chi connectivity index (χ3n) is 7.07. The van der Waals surface area contributed by atoms with Crippen LogP contribution in [-0.4, -0.2) is 29.7 Å². The lowest BCUT2D eigenvalue weighted by Gasteiger charge is -2.31. The van der Waals surface area contributed by atoms with Gasteiger partial charge in [0.15, 0.2) is 0 Å². The Morgan fingerprint density at radius 2 is 1.97 bits per heavy atom. The van der Waals surface area contributed by atoms with Gasteiger partial charge < -0.3 is 10.6 Å². The number of nitrogens with one attached hydrogen (secondary N) is 2. The molecular weight excluding hydrogens is 434 g/mol. The minimum absolute atomic E-state index is 0.0139. The van der Waals surface area contributed by atoms with Crippen LogP contribution in [0.2, 0.25) is 0 Å². The fraction of sp³-hybridized carbons (Fsp3) is 0.444. The molecular formula is C27H34F2N4O. The van der Waals surface area contributed by atoms with Crippen LogP contribution in [0.25, 0.3) is 0 Å². The molecule has 4 atom stereocenters. The van der Waals surface area contributed by atoms with E-state index in [9.17, 15) is 13.6 Å². The van der Waals surface area contributed by atoms with Crippen molar-refractivity contribution in [1.82, 2.24) is 15.6 Å². The van der Waals surface area contributed by atoms with Crippen molar-refractivity contribution in [3.05, 3.63) is 78.3 Å². The summed E-state index contributed by atoms with van der Waals surface area (Å²) < 4.78 is 28.7. The molecule has 7 heteroatoms. The molecule has 1 aromatic heterocycles. The van der Waals surface area contributed by atoms with Gasteiger partial charge in [-0.2, -0.15) is 8.78 Å². The van der Waals surface area contributed by atoms with E-state index in [0.29, 0.717) is 29.9 Å². The number of amides is 1. The average Bonchev–Trinajstić information content (AvgIpc) is 3.46. The summed E-state index contributed by atoms with van der Waals surface area (Å²) >= 11 is 0. The van der Waals surface area contributed by atoms with Gasteiger partial charge in [-0.25, -0.2) is 0 Å². The molecule has 2 aliphatic carbocycles. The fourth-order valence-corrected chi connectivity index (χ4v) is 5.11. The van der Waals surface area contributed by atoms with Gasteiger partial charge in [-0.15, -0.1) is 0 Å². The summed E-state index contributed by atoms with van der Waals surface area (Å²) in [6, 6.07) is 3.77. The Labute approximate surface area is 200 Å². The highest BCUT2D eigenvalue weighted by Crippen LogP contribution is 2.52. The highest BCUT2D eigenvalue weighted by Gasteiger charge is 2.52. The third-order valence-corrected chi connectivity index (χ3v) is 7.07. The van der Waals surface area contributed by atoms with Crippen LogP contribution in [0.1, 0.15) is 38.7 Å². The van der Waals surface area contributed by atoms with Gasteiger partial charge in [-0.05, 0) is 68.2 Å². The molecule has 2 saturated carbocycles. The summed E-state index contributed by atoms with van der Waals surface area (Å²) in [6.07, 6.45) is 10.6. The first kappa shape index (κ1) is 25.5. The van der Waals surface area contributed by atoms with Gasteiger partial charge in [0.25, 0.3) is 5.92 Å². The summed E-state index contributed by atoms with van der Waals surface area (Å²) in [5.41, 5.74) is 1.00. The zero-order valence-electron chi connectivity index (χ0n) is 20.2. The molecule has 1 amide bonds. The first-order valence-electron chi connectivity index (χ1n) is 11.7. The maximum Gasteiger partial charge on any atom is 0.293 e. The van der Waals surface area contributed by atoms with Gasteiger partial charge >= 0.3 is 0 Å². The zero-order valence-corrected chi connectivity index (χ0v) is 20.2. The largest absolute Gasteiger partial charge is 0.352 e. The Morgan fingerprint density at radius 3 is 2.59 bits per heavy atom. The Bertz CT molecular complexity index is 1010. The van der Waals surface area contributed by atoms with Crippen molar-refractivity contribution < 1.29 is 13.6 Å². The molecule has 5 nitrogen and oxygen atoms in total. The van der Waals surface area contributed by atoms with E-state index >= 15 is 0 Å². The first-order chi connectivity index (χ1) is 16.2. The SMILES string of the molecule is C=C(/C=C/C(=C)C(F)(F)/C(C)=C/C)NC(=NC)[C@@H]1C2CCC(C2)C1C(=O)NCc1cccnc1. The van der Waals surface area contributed by atoms with Crippen molar-refractivity contribution >= 4 is 11.7 Å². The van der Waals surface area contributed by atoms with E-state index in [1.807, 2.05) is 12.1 Å². The molecule has 2 fully saturated rings. The second kappa shape index (κ2) is 10.9. The van der Waals surface area contributed by atoms with Crippen LogP contribution in [0.15, 0.2) is 77.7 Å². The molecule has 2 bridgehead atoms. The number of amidine groups is 1. The fourth-order valence-electron chi connectivity index (χ4n) is 5.11. The highest BCUT2D eigenvalue weighted by atomic mass is 19.3. The van der Waals surface area contributed by atoms with Crippen molar-refractivity contribution in [2.24, 2.45) is 28.7 Å². The van der Waals surface area contributed by atoms with E-state index in [2.05, 4.69) is 33.8 Å². The van der Waals surface area contributed by atoms with Crippen molar-refractivity contribution in [2.75, 3.05) is 7.05 Å². The number of allylic oxidation sites excluding steroid dienone is 5. The van der Waals surface area contributed by atoms with Gasteiger partial charge in [0.1, 0.15) is 5.84 Å². The maximum absolute atomic E-state index is 14.3. The number of pyridine rings is 1. The van der Waals surface area contributed by atoms with E-state index in [1.165, 1.54) is 25.2 Å². The number of nitrogens with zero attached hydrogens (tertiary/aromatic N) is 2. The van der Waals surface area contributed by atoms with Crippen LogP contribution < -0.4 is 10.6 Å². The minimum Gasteiger partial charge on any atom is -0.352 e. The van der Waals surface area contributed by atoms with Crippen LogP contribution in [-0.2, 0) is 11.3 Å². The van der Waals surface area contributed by atoms with Crippen molar-refractivity contribution in [1.29, 1.82) is 0 Å². The monoisotopic (exact) mass is 468 g/mol. The topological polar surface area (TPSA) is 66.4 Å². The van der Waals surface area contributed by atoms with Gasteiger partial charge in [-0.3, -0.25) is 14.8 Å². The lowest BCUT2D eigenvalue weighted by atomic mass is 9.77. The molecule has 0 radical (unpaired) electrons. The number of hydrogen-bond acceptors (Lipinski definition) is 3. The quantitative estimate of drug-likeness (QED) is 0.226. The Morgan fingerprint density at radius 1 is 1.26 bits per heavy atom. The normalized spacial score (nSPS) is 25.0. The maximum atomic E-state index is 14.3. The van der Waals surface area contributed by atoms with Gasteiger partial charge in [0.2, 0.25) is 5.91 Å². The number of fused-ring (bicyclic) bond motifs is 2. The number of carbonyl (C=O) groups excluding carboxylic acids is 1. The lowest BCUT2D eigenvalue weighted by Crippen LogP contribution is -2.44. The Hall–Kier alpha value is -3.09. The third kappa shape index (κ3) is 5.51. The lowest BCUT2D eigenvalue weighted by molar-refractivity contribution is -0.127. The molecule has 1 heterocycles. The molecule has 0 aliphatic heterocycles.